The van der Waals surface area contributed by atoms with Crippen LogP contribution in [-0.2, 0) is 13.1 Å². The summed E-state index contributed by atoms with van der Waals surface area (Å²) in [7, 11) is 0. The predicted octanol–water partition coefficient (Wildman–Crippen LogP) is 2.16. The third kappa shape index (κ3) is 2.70. The molecule has 5 nitrogen and oxygen atoms in total. The van der Waals surface area contributed by atoms with Crippen LogP contribution < -0.4 is 4.90 Å². The van der Waals surface area contributed by atoms with E-state index in [1.54, 1.807) is 16.8 Å². The standard InChI is InChI=1S/C16H16FN5S2/c1-11-14-6-8-24-15(14)5-7-20(11)10-21-16(23)22(19-18-21)13-4-2-3-12(17)9-13/h2-4,6,8-9,11H,5,7,10H2,1H3/p+1/t11-/m0/s1. The molecule has 2 aromatic heterocycles. The number of aromatic nitrogens is 4. The van der Waals surface area contributed by atoms with Gasteiger partial charge in [-0.25, -0.2) is 4.39 Å². The van der Waals surface area contributed by atoms with Crippen molar-refractivity contribution in [2.75, 3.05) is 6.54 Å². The molecule has 4 rings (SSSR count). The molecule has 3 aromatic rings. The number of thiophene rings is 1. The number of halogens is 1. The van der Waals surface area contributed by atoms with Gasteiger partial charge in [-0.15, -0.1) is 11.3 Å². The van der Waals surface area contributed by atoms with Crippen LogP contribution in [0.3, 0.4) is 0 Å². The Morgan fingerprint density at radius 3 is 3.08 bits per heavy atom. The Labute approximate surface area is 147 Å². The smallest absolute Gasteiger partial charge is 0.225 e. The van der Waals surface area contributed by atoms with Crippen LogP contribution in [0.5, 0.6) is 0 Å². The van der Waals surface area contributed by atoms with Gasteiger partial charge in [-0.1, -0.05) is 6.07 Å². The summed E-state index contributed by atoms with van der Waals surface area (Å²) in [5, 5.41) is 10.4. The maximum Gasteiger partial charge on any atom is 0.225 e. The van der Waals surface area contributed by atoms with Crippen LogP contribution in [-0.4, -0.2) is 26.3 Å². The maximum absolute atomic E-state index is 13.4. The molecule has 1 unspecified atom stereocenters. The number of nitrogens with one attached hydrogen (secondary N) is 1. The first-order valence-electron chi connectivity index (χ1n) is 7.83. The van der Waals surface area contributed by atoms with Crippen LogP contribution in [0.1, 0.15) is 23.4 Å². The van der Waals surface area contributed by atoms with E-state index >= 15 is 0 Å². The maximum atomic E-state index is 13.4. The second-order valence-electron chi connectivity index (χ2n) is 5.99. The fraction of sp³-hybridized carbons (Fsp3) is 0.312. The topological polar surface area (TPSA) is 40.1 Å². The van der Waals surface area contributed by atoms with E-state index in [0.717, 1.165) is 13.0 Å². The van der Waals surface area contributed by atoms with Gasteiger partial charge in [0.15, 0.2) is 6.67 Å². The predicted molar refractivity (Wildman–Crippen MR) is 92.4 cm³/mol. The molecule has 2 atom stereocenters. The summed E-state index contributed by atoms with van der Waals surface area (Å²) in [6, 6.07) is 8.83. The molecule has 0 radical (unpaired) electrons. The Kier molecular flexibility index (Phi) is 4.03. The van der Waals surface area contributed by atoms with Crippen molar-refractivity contribution in [1.82, 2.24) is 19.8 Å². The van der Waals surface area contributed by atoms with Gasteiger partial charge < -0.3 is 4.90 Å². The normalized spacial score (nSPS) is 20.1. The molecule has 1 N–H and O–H groups in total. The average molecular weight is 362 g/mol. The van der Waals surface area contributed by atoms with Crippen molar-refractivity contribution in [3.63, 3.8) is 0 Å². The van der Waals surface area contributed by atoms with E-state index in [0.29, 0.717) is 23.2 Å². The number of hydrogen-bond acceptors (Lipinski definition) is 4. The molecule has 124 valence electrons. The molecule has 8 heteroatoms. The number of nitrogens with zero attached hydrogens (tertiary/aromatic N) is 4. The lowest BCUT2D eigenvalue weighted by molar-refractivity contribution is -0.954. The summed E-state index contributed by atoms with van der Waals surface area (Å²) in [4.78, 5) is 2.89. The molecule has 0 bridgehead atoms. The fourth-order valence-corrected chi connectivity index (χ4v) is 4.42. The Bertz CT molecular complexity index is 928. The minimum atomic E-state index is -0.316. The van der Waals surface area contributed by atoms with Crippen molar-refractivity contribution in [1.29, 1.82) is 0 Å². The minimum absolute atomic E-state index is 0.316. The molecule has 0 saturated heterocycles. The van der Waals surface area contributed by atoms with Crippen molar-refractivity contribution >= 4 is 23.6 Å². The second kappa shape index (κ2) is 6.19. The van der Waals surface area contributed by atoms with Gasteiger partial charge in [0, 0.05) is 16.9 Å². The molecule has 0 amide bonds. The van der Waals surface area contributed by atoms with E-state index in [2.05, 4.69) is 28.8 Å². The number of hydrogen-bond donors (Lipinski definition) is 1. The van der Waals surface area contributed by atoms with Crippen LogP contribution in [0, 0.1) is 10.6 Å². The summed E-state index contributed by atoms with van der Waals surface area (Å²) in [6.07, 6.45) is 1.08. The monoisotopic (exact) mass is 362 g/mol. The van der Waals surface area contributed by atoms with Gasteiger partial charge in [-0.2, -0.15) is 9.36 Å². The van der Waals surface area contributed by atoms with Crippen LogP contribution in [0.4, 0.5) is 4.39 Å². The molecule has 0 saturated carbocycles. The lowest BCUT2D eigenvalue weighted by Crippen LogP contribution is -3.12. The van der Waals surface area contributed by atoms with Crippen molar-refractivity contribution in [3.8, 4) is 5.69 Å². The lowest BCUT2D eigenvalue weighted by Gasteiger charge is -2.29. The van der Waals surface area contributed by atoms with E-state index < -0.39 is 0 Å². The molecule has 0 aliphatic carbocycles. The van der Waals surface area contributed by atoms with Gasteiger partial charge >= 0.3 is 0 Å². The van der Waals surface area contributed by atoms with Gasteiger partial charge in [-0.05, 0) is 59.2 Å². The Balaban J connectivity index is 1.60. The van der Waals surface area contributed by atoms with Crippen LogP contribution in [0.25, 0.3) is 5.69 Å². The average Bonchev–Trinajstić information content (AvgIpc) is 3.18. The summed E-state index contributed by atoms with van der Waals surface area (Å²) in [6.45, 7) is 3.94. The molecule has 1 aliphatic heterocycles. The van der Waals surface area contributed by atoms with Crippen molar-refractivity contribution in [3.05, 3.63) is 56.7 Å². The SMILES string of the molecule is C[C@H]1c2ccsc2CC[NH+]1Cn1nnn(-c2cccc(F)c2)c1=S. The number of benzene rings is 1. The van der Waals surface area contributed by atoms with E-state index in [1.807, 2.05) is 11.3 Å². The number of fused-ring (bicyclic) bond motifs is 1. The number of rotatable bonds is 3. The van der Waals surface area contributed by atoms with Crippen LogP contribution >= 0.6 is 23.6 Å². The van der Waals surface area contributed by atoms with Gasteiger partial charge in [-0.3, -0.25) is 0 Å². The summed E-state index contributed by atoms with van der Waals surface area (Å²) in [5.74, 6) is -0.316. The van der Waals surface area contributed by atoms with Gasteiger partial charge in [0.2, 0.25) is 4.77 Å². The molecule has 3 heterocycles. The van der Waals surface area contributed by atoms with Gasteiger partial charge in [0.05, 0.1) is 12.2 Å². The van der Waals surface area contributed by atoms with E-state index in [9.17, 15) is 4.39 Å². The van der Waals surface area contributed by atoms with E-state index in [1.165, 1.54) is 32.2 Å². The highest BCUT2D eigenvalue weighted by Crippen LogP contribution is 2.24. The first-order valence-corrected chi connectivity index (χ1v) is 9.12. The summed E-state index contributed by atoms with van der Waals surface area (Å²) >= 11 is 7.32. The third-order valence-electron chi connectivity index (χ3n) is 4.58. The van der Waals surface area contributed by atoms with Gasteiger partial charge in [0.25, 0.3) is 0 Å². The van der Waals surface area contributed by atoms with Crippen molar-refractivity contribution < 1.29 is 9.29 Å². The summed E-state index contributed by atoms with van der Waals surface area (Å²) in [5.41, 5.74) is 2.01. The largest absolute Gasteiger partial charge is 0.310 e. The zero-order valence-electron chi connectivity index (χ0n) is 13.1. The second-order valence-corrected chi connectivity index (χ2v) is 7.36. The Hall–Kier alpha value is -1.90. The zero-order chi connectivity index (χ0) is 16.7. The molecule has 24 heavy (non-hydrogen) atoms. The Morgan fingerprint density at radius 1 is 1.38 bits per heavy atom. The Morgan fingerprint density at radius 2 is 2.25 bits per heavy atom. The highest BCUT2D eigenvalue weighted by Gasteiger charge is 2.28. The van der Waals surface area contributed by atoms with Crippen LogP contribution in [0.2, 0.25) is 0 Å². The van der Waals surface area contributed by atoms with E-state index in [4.69, 9.17) is 12.2 Å². The fourth-order valence-electron chi connectivity index (χ4n) is 3.20. The highest BCUT2D eigenvalue weighted by atomic mass is 32.1. The number of tetrazole rings is 1. The molecule has 0 spiro atoms. The quantitative estimate of drug-likeness (QED) is 0.726. The molecule has 0 fully saturated rings. The lowest BCUT2D eigenvalue weighted by atomic mass is 10.0. The molecular weight excluding hydrogens is 345 g/mol. The van der Waals surface area contributed by atoms with Gasteiger partial charge in [0.1, 0.15) is 11.9 Å². The van der Waals surface area contributed by atoms with Crippen molar-refractivity contribution in [2.24, 2.45) is 0 Å². The highest BCUT2D eigenvalue weighted by molar-refractivity contribution is 7.71. The molecule has 1 aromatic carbocycles. The van der Waals surface area contributed by atoms with Crippen LogP contribution in [0.15, 0.2) is 35.7 Å². The molecular formula is C16H17FN5S2+. The van der Waals surface area contributed by atoms with E-state index in [-0.39, 0.29) is 5.82 Å². The number of quaternary nitrogens is 1. The first-order chi connectivity index (χ1) is 11.6. The minimum Gasteiger partial charge on any atom is -0.310 e. The first kappa shape index (κ1) is 15.6. The van der Waals surface area contributed by atoms with Crippen molar-refractivity contribution in [2.45, 2.75) is 26.1 Å². The summed E-state index contributed by atoms with van der Waals surface area (Å²) < 4.78 is 17.1. The zero-order valence-corrected chi connectivity index (χ0v) is 14.8. The molecule has 1 aliphatic rings. The third-order valence-corrected chi connectivity index (χ3v) is 5.96.